The first-order chi connectivity index (χ1) is 13.9. The largest absolute Gasteiger partial charge is 0.451 e. The van der Waals surface area contributed by atoms with Crippen molar-refractivity contribution in [3.05, 3.63) is 24.3 Å². The molecule has 0 aliphatic rings. The summed E-state index contributed by atoms with van der Waals surface area (Å²) in [5, 5.41) is 5.00. The van der Waals surface area contributed by atoms with Gasteiger partial charge in [0.2, 0.25) is 15.9 Å². The minimum Gasteiger partial charge on any atom is -0.451 e. The third kappa shape index (κ3) is 9.36. The van der Waals surface area contributed by atoms with Gasteiger partial charge in [-0.3, -0.25) is 14.4 Å². The van der Waals surface area contributed by atoms with E-state index in [2.05, 4.69) is 15.4 Å². The quantitative estimate of drug-likeness (QED) is 0.449. The zero-order chi connectivity index (χ0) is 22.9. The summed E-state index contributed by atoms with van der Waals surface area (Å²) in [5.74, 6) is -1.17. The lowest BCUT2D eigenvalue weighted by molar-refractivity contribution is -0.152. The predicted octanol–water partition coefficient (Wildman–Crippen LogP) is 1.80. The molecule has 1 unspecified atom stereocenters. The molecular formula is C20H31N3O6S. The lowest BCUT2D eigenvalue weighted by Gasteiger charge is -2.14. The van der Waals surface area contributed by atoms with Crippen molar-refractivity contribution in [1.29, 1.82) is 0 Å². The van der Waals surface area contributed by atoms with E-state index in [1.807, 2.05) is 13.8 Å². The van der Waals surface area contributed by atoms with Crippen LogP contribution in [0.25, 0.3) is 0 Å². The Hall–Kier alpha value is -2.46. The molecule has 0 spiro atoms. The molecule has 1 aromatic rings. The van der Waals surface area contributed by atoms with Crippen LogP contribution >= 0.6 is 0 Å². The van der Waals surface area contributed by atoms with E-state index in [4.69, 9.17) is 4.74 Å². The molecule has 0 fully saturated rings. The van der Waals surface area contributed by atoms with Crippen LogP contribution in [0.15, 0.2) is 29.2 Å². The molecule has 1 atom stereocenters. The van der Waals surface area contributed by atoms with Gasteiger partial charge in [0.15, 0.2) is 6.10 Å². The molecule has 0 saturated carbocycles. The van der Waals surface area contributed by atoms with E-state index >= 15 is 0 Å². The molecule has 0 radical (unpaired) electrons. The highest BCUT2D eigenvalue weighted by molar-refractivity contribution is 7.89. The van der Waals surface area contributed by atoms with E-state index in [9.17, 15) is 22.8 Å². The lowest BCUT2D eigenvalue weighted by Crippen LogP contribution is -2.35. The average Bonchev–Trinajstić information content (AvgIpc) is 2.64. The van der Waals surface area contributed by atoms with Gasteiger partial charge < -0.3 is 15.4 Å². The van der Waals surface area contributed by atoms with Crippen molar-refractivity contribution >= 4 is 33.5 Å². The van der Waals surface area contributed by atoms with Gasteiger partial charge in [-0.1, -0.05) is 13.8 Å². The summed E-state index contributed by atoms with van der Waals surface area (Å²) < 4.78 is 31.7. The highest BCUT2D eigenvalue weighted by Crippen LogP contribution is 2.15. The number of benzene rings is 1. The zero-order valence-corrected chi connectivity index (χ0v) is 18.8. The molecule has 0 heterocycles. The first-order valence-corrected chi connectivity index (χ1v) is 11.3. The fraction of sp³-hybridized carbons (Fsp3) is 0.550. The summed E-state index contributed by atoms with van der Waals surface area (Å²) in [5.41, 5.74) is 0.355. The molecule has 1 aromatic carbocycles. The van der Waals surface area contributed by atoms with Gasteiger partial charge in [-0.15, -0.1) is 0 Å². The van der Waals surface area contributed by atoms with Crippen LogP contribution in [0.3, 0.4) is 0 Å². The smallest absolute Gasteiger partial charge is 0.326 e. The van der Waals surface area contributed by atoms with Crippen LogP contribution in [0.5, 0.6) is 0 Å². The van der Waals surface area contributed by atoms with Crippen molar-refractivity contribution < 1.29 is 27.5 Å². The van der Waals surface area contributed by atoms with Crippen molar-refractivity contribution in [2.45, 2.75) is 64.5 Å². The molecule has 9 nitrogen and oxygen atoms in total. The normalized spacial score (nSPS) is 12.5. The molecule has 0 aromatic heterocycles. The molecule has 30 heavy (non-hydrogen) atoms. The number of hydrogen-bond donors (Lipinski definition) is 3. The summed E-state index contributed by atoms with van der Waals surface area (Å²) in [7, 11) is -3.63. The number of esters is 1. The van der Waals surface area contributed by atoms with Crippen LogP contribution in [0, 0.1) is 5.92 Å². The Balaban J connectivity index is 2.52. The lowest BCUT2D eigenvalue weighted by atomic mass is 10.1. The standard InChI is InChI=1S/C20H31N3O6S/c1-13(2)6-11-18(24)21-12-19(25)29-15(5)20(26)22-16-7-9-17(10-8-16)30(27,28)23-14(3)4/h7-10,13-15,23H,6,11-12H2,1-5H3,(H,21,24)(H,22,26). The maximum atomic E-state index is 12.2. The number of nitrogens with one attached hydrogen (secondary N) is 3. The van der Waals surface area contributed by atoms with Crippen LogP contribution in [0.4, 0.5) is 5.69 Å². The van der Waals surface area contributed by atoms with Gasteiger partial charge >= 0.3 is 5.97 Å². The van der Waals surface area contributed by atoms with Crippen molar-refractivity contribution in [2.75, 3.05) is 11.9 Å². The third-order valence-corrected chi connectivity index (χ3v) is 5.55. The predicted molar refractivity (Wildman–Crippen MR) is 113 cm³/mol. The topological polar surface area (TPSA) is 131 Å². The van der Waals surface area contributed by atoms with Crippen molar-refractivity contribution in [3.8, 4) is 0 Å². The Morgan fingerprint density at radius 1 is 1.00 bits per heavy atom. The van der Waals surface area contributed by atoms with Gasteiger partial charge in [0, 0.05) is 18.2 Å². The first kappa shape index (κ1) is 25.6. The summed E-state index contributed by atoms with van der Waals surface area (Å²) in [6.45, 7) is 8.51. The van der Waals surface area contributed by atoms with Gasteiger partial charge in [-0.2, -0.15) is 0 Å². The fourth-order valence-electron chi connectivity index (χ4n) is 2.31. The fourth-order valence-corrected chi connectivity index (χ4v) is 3.56. The molecule has 2 amide bonds. The van der Waals surface area contributed by atoms with Gasteiger partial charge in [0.25, 0.3) is 5.91 Å². The van der Waals surface area contributed by atoms with E-state index in [0.29, 0.717) is 24.4 Å². The summed E-state index contributed by atoms with van der Waals surface area (Å²) in [6, 6.07) is 5.37. The molecule has 0 bridgehead atoms. The minimum atomic E-state index is -3.63. The van der Waals surface area contributed by atoms with Crippen molar-refractivity contribution in [2.24, 2.45) is 5.92 Å². The van der Waals surface area contributed by atoms with E-state index < -0.39 is 28.0 Å². The van der Waals surface area contributed by atoms with Gasteiger partial charge in [-0.25, -0.2) is 13.1 Å². The Bertz CT molecular complexity index is 835. The Morgan fingerprint density at radius 3 is 2.13 bits per heavy atom. The van der Waals surface area contributed by atoms with E-state index in [0.717, 1.165) is 0 Å². The van der Waals surface area contributed by atoms with Crippen LogP contribution in [-0.2, 0) is 29.1 Å². The molecule has 168 valence electrons. The summed E-state index contributed by atoms with van der Waals surface area (Å²) >= 11 is 0. The molecule has 0 aliphatic heterocycles. The number of ether oxygens (including phenoxy) is 1. The number of amides is 2. The maximum absolute atomic E-state index is 12.2. The van der Waals surface area contributed by atoms with Crippen LogP contribution in [0.2, 0.25) is 0 Å². The molecular weight excluding hydrogens is 410 g/mol. The van der Waals surface area contributed by atoms with Crippen molar-refractivity contribution in [3.63, 3.8) is 0 Å². The summed E-state index contributed by atoms with van der Waals surface area (Å²) in [4.78, 5) is 35.7. The van der Waals surface area contributed by atoms with Crippen LogP contribution in [0.1, 0.15) is 47.5 Å². The third-order valence-electron chi connectivity index (χ3n) is 3.88. The number of carbonyl (C=O) groups excluding carboxylic acids is 3. The first-order valence-electron chi connectivity index (χ1n) is 9.80. The molecule has 10 heteroatoms. The number of rotatable bonds is 11. The number of sulfonamides is 1. The molecule has 1 rings (SSSR count). The zero-order valence-electron chi connectivity index (χ0n) is 18.0. The van der Waals surface area contributed by atoms with Crippen molar-refractivity contribution in [1.82, 2.24) is 10.0 Å². The van der Waals surface area contributed by atoms with E-state index in [1.165, 1.54) is 31.2 Å². The van der Waals surface area contributed by atoms with E-state index in [-0.39, 0.29) is 23.4 Å². The highest BCUT2D eigenvalue weighted by Gasteiger charge is 2.19. The Labute approximate surface area is 178 Å². The second-order valence-corrected chi connectivity index (χ2v) is 9.34. The minimum absolute atomic E-state index is 0.0712. The van der Waals surface area contributed by atoms with Crippen LogP contribution < -0.4 is 15.4 Å². The van der Waals surface area contributed by atoms with Gasteiger partial charge in [-0.05, 0) is 57.4 Å². The van der Waals surface area contributed by atoms with Gasteiger partial charge in [0.1, 0.15) is 6.54 Å². The maximum Gasteiger partial charge on any atom is 0.326 e. The number of carbonyl (C=O) groups is 3. The number of anilines is 1. The Kier molecular flexibility index (Phi) is 9.94. The van der Waals surface area contributed by atoms with E-state index in [1.54, 1.807) is 13.8 Å². The Morgan fingerprint density at radius 2 is 1.60 bits per heavy atom. The molecule has 0 saturated heterocycles. The second kappa shape index (κ2) is 11.7. The highest BCUT2D eigenvalue weighted by atomic mass is 32.2. The van der Waals surface area contributed by atoms with Gasteiger partial charge in [0.05, 0.1) is 4.90 Å². The second-order valence-electron chi connectivity index (χ2n) is 7.63. The monoisotopic (exact) mass is 441 g/mol. The SMILES string of the molecule is CC(C)CCC(=O)NCC(=O)OC(C)C(=O)Nc1ccc(S(=O)(=O)NC(C)C)cc1. The average molecular weight is 442 g/mol. The summed E-state index contributed by atoms with van der Waals surface area (Å²) in [6.07, 6.45) is -0.0525. The number of hydrogen-bond acceptors (Lipinski definition) is 6. The molecule has 0 aliphatic carbocycles. The van der Waals surface area contributed by atoms with Crippen LogP contribution in [-0.4, -0.2) is 44.9 Å². The molecule has 3 N–H and O–H groups in total.